The second-order valence-electron chi connectivity index (χ2n) is 5.14. The molecule has 0 bridgehead atoms. The number of hydrogen-bond donors (Lipinski definition) is 3. The molecule has 3 rings (SSSR count). The third-order valence-electron chi connectivity index (χ3n) is 3.78. The van der Waals surface area contributed by atoms with E-state index in [0.717, 1.165) is 29.4 Å². The molecule has 2 aromatic rings. The second kappa shape index (κ2) is 5.60. The summed E-state index contributed by atoms with van der Waals surface area (Å²) in [5, 5.41) is 10.7. The summed E-state index contributed by atoms with van der Waals surface area (Å²) in [5.41, 5.74) is 7.73. The molecule has 1 aromatic heterocycles. The molecule has 106 valence electrons. The number of benzene rings is 1. The fraction of sp³-hybridized carbons (Fsp3) is 0.429. The number of carbonyl (C=O) groups is 1. The zero-order valence-corrected chi connectivity index (χ0v) is 11.1. The van der Waals surface area contributed by atoms with Crippen molar-refractivity contribution >= 4 is 22.5 Å². The van der Waals surface area contributed by atoms with Gasteiger partial charge in [0.05, 0.1) is 17.8 Å². The Morgan fingerprint density at radius 1 is 1.45 bits per heavy atom. The molecule has 0 radical (unpaired) electrons. The Labute approximate surface area is 116 Å². The van der Waals surface area contributed by atoms with Gasteiger partial charge in [0, 0.05) is 24.3 Å². The Balaban J connectivity index is 1.67. The van der Waals surface area contributed by atoms with Crippen molar-refractivity contribution < 1.29 is 9.53 Å². The van der Waals surface area contributed by atoms with Crippen molar-refractivity contribution in [3.8, 4) is 0 Å². The van der Waals surface area contributed by atoms with Crippen molar-refractivity contribution in [2.45, 2.75) is 18.9 Å². The Bertz CT molecular complexity index is 604. The molecule has 1 unspecified atom stereocenters. The van der Waals surface area contributed by atoms with Crippen LogP contribution in [0.15, 0.2) is 24.4 Å². The summed E-state index contributed by atoms with van der Waals surface area (Å²) in [5.74, 6) is 0.0566. The largest absolute Gasteiger partial charge is 0.381 e. The molecule has 1 aromatic carbocycles. The molecule has 0 saturated carbocycles. The van der Waals surface area contributed by atoms with E-state index in [2.05, 4.69) is 15.5 Å². The van der Waals surface area contributed by atoms with Crippen LogP contribution < -0.4 is 11.1 Å². The predicted octanol–water partition coefficient (Wildman–Crippen LogP) is 1.26. The number of nitrogens with zero attached hydrogens (tertiary/aromatic N) is 1. The zero-order valence-electron chi connectivity index (χ0n) is 11.1. The maximum absolute atomic E-state index is 12.2. The molecular weight excluding hydrogens is 256 g/mol. The van der Waals surface area contributed by atoms with Crippen molar-refractivity contribution in [2.24, 2.45) is 11.7 Å². The SMILES string of the molecule is NC(C(=O)Nc1ccc2[nH]ncc2c1)C1CCOCC1. The van der Waals surface area contributed by atoms with Crippen LogP contribution >= 0.6 is 0 Å². The van der Waals surface area contributed by atoms with Gasteiger partial charge in [0.1, 0.15) is 0 Å². The van der Waals surface area contributed by atoms with Crippen LogP contribution in [0.25, 0.3) is 10.9 Å². The van der Waals surface area contributed by atoms with E-state index in [9.17, 15) is 4.79 Å². The lowest BCUT2D eigenvalue weighted by molar-refractivity contribution is -0.119. The number of aromatic amines is 1. The molecule has 1 fully saturated rings. The van der Waals surface area contributed by atoms with Crippen LogP contribution in [-0.4, -0.2) is 35.4 Å². The summed E-state index contributed by atoms with van der Waals surface area (Å²) in [6.07, 6.45) is 3.41. The third kappa shape index (κ3) is 2.66. The van der Waals surface area contributed by atoms with Gasteiger partial charge in [-0.05, 0) is 37.0 Å². The molecule has 1 saturated heterocycles. The van der Waals surface area contributed by atoms with E-state index in [4.69, 9.17) is 10.5 Å². The summed E-state index contributed by atoms with van der Waals surface area (Å²) >= 11 is 0. The van der Waals surface area contributed by atoms with Gasteiger partial charge in [0.2, 0.25) is 5.91 Å². The number of nitrogens with two attached hydrogens (primary N) is 1. The summed E-state index contributed by atoms with van der Waals surface area (Å²) in [7, 11) is 0. The number of aromatic nitrogens is 2. The smallest absolute Gasteiger partial charge is 0.241 e. The summed E-state index contributed by atoms with van der Waals surface area (Å²) in [6, 6.07) is 5.12. The number of rotatable bonds is 3. The molecule has 4 N–H and O–H groups in total. The first-order valence-electron chi connectivity index (χ1n) is 6.81. The first kappa shape index (κ1) is 13.1. The minimum atomic E-state index is -0.487. The minimum absolute atomic E-state index is 0.139. The maximum Gasteiger partial charge on any atom is 0.241 e. The molecule has 1 aliphatic rings. The first-order chi connectivity index (χ1) is 9.74. The highest BCUT2D eigenvalue weighted by atomic mass is 16.5. The van der Waals surface area contributed by atoms with E-state index in [-0.39, 0.29) is 11.8 Å². The van der Waals surface area contributed by atoms with E-state index in [0.29, 0.717) is 13.2 Å². The highest BCUT2D eigenvalue weighted by Crippen LogP contribution is 2.20. The number of hydrogen-bond acceptors (Lipinski definition) is 4. The van der Waals surface area contributed by atoms with Crippen LogP contribution in [0.3, 0.4) is 0 Å². The third-order valence-corrected chi connectivity index (χ3v) is 3.78. The second-order valence-corrected chi connectivity index (χ2v) is 5.14. The number of H-pyrrole nitrogens is 1. The normalized spacial score (nSPS) is 18.1. The van der Waals surface area contributed by atoms with Crippen molar-refractivity contribution in [2.75, 3.05) is 18.5 Å². The van der Waals surface area contributed by atoms with Crippen molar-refractivity contribution in [3.63, 3.8) is 0 Å². The van der Waals surface area contributed by atoms with Crippen LogP contribution in [0.4, 0.5) is 5.69 Å². The standard InChI is InChI=1S/C14H18N4O2/c15-13(9-3-5-20-6-4-9)14(19)17-11-1-2-12-10(7-11)8-16-18-12/h1-2,7-9,13H,3-6,15H2,(H,16,18)(H,17,19). The first-order valence-corrected chi connectivity index (χ1v) is 6.81. The molecule has 2 heterocycles. The highest BCUT2D eigenvalue weighted by Gasteiger charge is 2.26. The Morgan fingerprint density at radius 2 is 2.25 bits per heavy atom. The van der Waals surface area contributed by atoms with Gasteiger partial charge in [-0.1, -0.05) is 0 Å². The highest BCUT2D eigenvalue weighted by molar-refractivity contribution is 5.96. The van der Waals surface area contributed by atoms with E-state index in [1.165, 1.54) is 0 Å². The van der Waals surface area contributed by atoms with Gasteiger partial charge in [0.25, 0.3) is 0 Å². The molecule has 1 atom stereocenters. The number of ether oxygens (including phenoxy) is 1. The van der Waals surface area contributed by atoms with Crippen molar-refractivity contribution in [1.29, 1.82) is 0 Å². The number of carbonyl (C=O) groups excluding carboxylic acids is 1. The number of anilines is 1. The van der Waals surface area contributed by atoms with E-state index in [1.54, 1.807) is 6.20 Å². The maximum atomic E-state index is 12.2. The lowest BCUT2D eigenvalue weighted by Crippen LogP contribution is -2.43. The fourth-order valence-corrected chi connectivity index (χ4v) is 2.54. The fourth-order valence-electron chi connectivity index (χ4n) is 2.54. The average molecular weight is 274 g/mol. The van der Waals surface area contributed by atoms with Gasteiger partial charge in [0.15, 0.2) is 0 Å². The molecule has 6 nitrogen and oxygen atoms in total. The number of fused-ring (bicyclic) bond motifs is 1. The van der Waals surface area contributed by atoms with Crippen LogP contribution in [0.1, 0.15) is 12.8 Å². The summed E-state index contributed by atoms with van der Waals surface area (Å²) < 4.78 is 5.29. The van der Waals surface area contributed by atoms with E-state index < -0.39 is 6.04 Å². The predicted molar refractivity (Wildman–Crippen MR) is 76.2 cm³/mol. The number of nitrogens with one attached hydrogen (secondary N) is 2. The lowest BCUT2D eigenvalue weighted by atomic mass is 9.92. The van der Waals surface area contributed by atoms with Gasteiger partial charge in [-0.25, -0.2) is 0 Å². The van der Waals surface area contributed by atoms with E-state index in [1.807, 2.05) is 18.2 Å². The molecular formula is C14H18N4O2. The van der Waals surface area contributed by atoms with Crippen molar-refractivity contribution in [3.05, 3.63) is 24.4 Å². The van der Waals surface area contributed by atoms with Gasteiger partial charge in [-0.2, -0.15) is 5.10 Å². The van der Waals surface area contributed by atoms with Crippen molar-refractivity contribution in [1.82, 2.24) is 10.2 Å². The lowest BCUT2D eigenvalue weighted by Gasteiger charge is -2.26. The zero-order chi connectivity index (χ0) is 13.9. The quantitative estimate of drug-likeness (QED) is 0.785. The molecule has 20 heavy (non-hydrogen) atoms. The van der Waals surface area contributed by atoms with Gasteiger partial charge < -0.3 is 15.8 Å². The molecule has 1 amide bonds. The van der Waals surface area contributed by atoms with Gasteiger partial charge >= 0.3 is 0 Å². The van der Waals surface area contributed by atoms with Crippen LogP contribution in [0, 0.1) is 5.92 Å². The molecule has 0 spiro atoms. The average Bonchev–Trinajstić information content (AvgIpc) is 2.95. The number of amides is 1. The topological polar surface area (TPSA) is 93.0 Å². The Hall–Kier alpha value is -1.92. The minimum Gasteiger partial charge on any atom is -0.381 e. The van der Waals surface area contributed by atoms with Crippen LogP contribution in [0.2, 0.25) is 0 Å². The van der Waals surface area contributed by atoms with Gasteiger partial charge in [-0.3, -0.25) is 9.89 Å². The summed E-state index contributed by atoms with van der Waals surface area (Å²) in [6.45, 7) is 1.37. The molecule has 0 aliphatic carbocycles. The molecule has 6 heteroatoms. The van der Waals surface area contributed by atoms with Gasteiger partial charge in [-0.15, -0.1) is 0 Å². The Kier molecular flexibility index (Phi) is 3.66. The van der Waals surface area contributed by atoms with Crippen LogP contribution in [-0.2, 0) is 9.53 Å². The molecule has 1 aliphatic heterocycles. The Morgan fingerprint density at radius 3 is 3.05 bits per heavy atom. The summed E-state index contributed by atoms with van der Waals surface area (Å²) in [4.78, 5) is 12.2. The van der Waals surface area contributed by atoms with Crippen LogP contribution in [0.5, 0.6) is 0 Å². The monoisotopic (exact) mass is 274 g/mol. The van der Waals surface area contributed by atoms with E-state index >= 15 is 0 Å².